The van der Waals surface area contributed by atoms with Gasteiger partial charge in [-0.2, -0.15) is 9.90 Å². The summed E-state index contributed by atoms with van der Waals surface area (Å²) >= 11 is 0. The number of ether oxygens (including phenoxy) is 1. The lowest BCUT2D eigenvalue weighted by molar-refractivity contribution is -0.139. The number of nitrogens with zero attached hydrogens (tertiary/aromatic N) is 3. The average Bonchev–Trinajstić information content (AvgIpc) is 3.01. The van der Waals surface area contributed by atoms with Gasteiger partial charge in [-0.15, -0.1) is 5.10 Å². The van der Waals surface area contributed by atoms with Crippen molar-refractivity contribution in [1.82, 2.24) is 20.3 Å². The highest BCUT2D eigenvalue weighted by atomic mass is 19.1. The fourth-order valence-corrected chi connectivity index (χ4v) is 1.79. The number of carboxylic acids is 1. The van der Waals surface area contributed by atoms with Gasteiger partial charge in [0, 0.05) is 20.1 Å². The van der Waals surface area contributed by atoms with Crippen molar-refractivity contribution in [3.8, 4) is 5.69 Å². The van der Waals surface area contributed by atoms with Crippen LogP contribution in [-0.4, -0.2) is 51.7 Å². The number of carboxylic acid groups (broad SMARTS) is 1. The van der Waals surface area contributed by atoms with Crippen molar-refractivity contribution in [3.05, 3.63) is 42.0 Å². The van der Waals surface area contributed by atoms with E-state index in [1.54, 1.807) is 0 Å². The number of aromatic nitrogens is 3. The molecule has 0 aliphatic heterocycles. The van der Waals surface area contributed by atoms with Gasteiger partial charge in [-0.1, -0.05) is 0 Å². The van der Waals surface area contributed by atoms with E-state index in [-0.39, 0.29) is 18.7 Å². The molecule has 0 aliphatic carbocycles. The zero-order valence-corrected chi connectivity index (χ0v) is 12.3. The first-order valence-corrected chi connectivity index (χ1v) is 6.72. The van der Waals surface area contributed by atoms with Crippen LogP contribution >= 0.6 is 0 Å². The van der Waals surface area contributed by atoms with Crippen LogP contribution in [0.4, 0.5) is 4.39 Å². The van der Waals surface area contributed by atoms with Gasteiger partial charge in [-0.3, -0.25) is 4.79 Å². The van der Waals surface area contributed by atoms with E-state index in [4.69, 9.17) is 9.84 Å². The van der Waals surface area contributed by atoms with Crippen LogP contribution in [-0.2, 0) is 9.53 Å². The summed E-state index contributed by atoms with van der Waals surface area (Å²) < 4.78 is 17.7. The number of carbonyl (C=O) groups is 2. The molecule has 23 heavy (non-hydrogen) atoms. The monoisotopic (exact) mass is 322 g/mol. The maximum Gasteiger partial charge on any atom is 0.326 e. The molecule has 1 aromatic carbocycles. The minimum absolute atomic E-state index is 0.0435. The van der Waals surface area contributed by atoms with Gasteiger partial charge in [0.05, 0.1) is 11.9 Å². The number of carbonyl (C=O) groups excluding carboxylic acids is 1. The molecule has 0 saturated heterocycles. The van der Waals surface area contributed by atoms with Crippen LogP contribution in [0.5, 0.6) is 0 Å². The Labute approximate surface area is 130 Å². The predicted molar refractivity (Wildman–Crippen MR) is 76.7 cm³/mol. The lowest BCUT2D eigenvalue weighted by Crippen LogP contribution is -2.41. The van der Waals surface area contributed by atoms with E-state index < -0.39 is 23.7 Å². The number of hydrogen-bond donors (Lipinski definition) is 2. The van der Waals surface area contributed by atoms with Crippen LogP contribution in [0.15, 0.2) is 30.5 Å². The number of benzene rings is 1. The maximum absolute atomic E-state index is 12.9. The standard InChI is InChI=1S/C14H15FN4O4/c1-23-7-6-11(14(21)22)17-13(20)12-8-16-19(18-12)10-4-2-9(15)3-5-10/h2-5,8,11H,6-7H2,1H3,(H,17,20)(H,21,22). The van der Waals surface area contributed by atoms with Crippen LogP contribution in [0.3, 0.4) is 0 Å². The van der Waals surface area contributed by atoms with E-state index >= 15 is 0 Å². The Morgan fingerprint density at radius 3 is 2.70 bits per heavy atom. The van der Waals surface area contributed by atoms with E-state index in [0.29, 0.717) is 5.69 Å². The summed E-state index contributed by atoms with van der Waals surface area (Å²) in [7, 11) is 1.44. The summed E-state index contributed by atoms with van der Waals surface area (Å²) in [5.41, 5.74) is 0.428. The maximum atomic E-state index is 12.9. The molecule has 9 heteroatoms. The smallest absolute Gasteiger partial charge is 0.326 e. The fourth-order valence-electron chi connectivity index (χ4n) is 1.79. The minimum Gasteiger partial charge on any atom is -0.480 e. The average molecular weight is 322 g/mol. The molecule has 1 unspecified atom stereocenters. The Balaban J connectivity index is 2.08. The first kappa shape index (κ1) is 16.6. The zero-order chi connectivity index (χ0) is 16.8. The molecule has 1 atom stereocenters. The number of amides is 1. The van der Waals surface area contributed by atoms with Crippen molar-refractivity contribution in [3.63, 3.8) is 0 Å². The third-order valence-electron chi connectivity index (χ3n) is 3.00. The second-order valence-electron chi connectivity index (χ2n) is 4.64. The van der Waals surface area contributed by atoms with Crippen molar-refractivity contribution >= 4 is 11.9 Å². The molecule has 0 aliphatic rings. The molecule has 0 fully saturated rings. The molecular formula is C14H15FN4O4. The molecule has 122 valence electrons. The van der Waals surface area contributed by atoms with E-state index in [1.807, 2.05) is 0 Å². The van der Waals surface area contributed by atoms with Crippen molar-refractivity contribution in [2.24, 2.45) is 0 Å². The van der Waals surface area contributed by atoms with Crippen LogP contribution in [0, 0.1) is 5.82 Å². The Kier molecular flexibility index (Phi) is 5.36. The van der Waals surface area contributed by atoms with E-state index in [9.17, 15) is 14.0 Å². The Morgan fingerprint density at radius 2 is 2.09 bits per heavy atom. The van der Waals surface area contributed by atoms with Crippen molar-refractivity contribution in [2.45, 2.75) is 12.5 Å². The Hall–Kier alpha value is -2.81. The van der Waals surface area contributed by atoms with Crippen LogP contribution < -0.4 is 5.32 Å². The van der Waals surface area contributed by atoms with Gasteiger partial charge in [-0.25, -0.2) is 9.18 Å². The number of halogens is 1. The Morgan fingerprint density at radius 1 is 1.39 bits per heavy atom. The summed E-state index contributed by atoms with van der Waals surface area (Å²) in [6, 6.07) is 4.30. The van der Waals surface area contributed by atoms with Gasteiger partial charge in [-0.05, 0) is 24.3 Å². The molecule has 1 aromatic heterocycles. The third kappa shape index (κ3) is 4.33. The largest absolute Gasteiger partial charge is 0.480 e. The Bertz CT molecular complexity index is 686. The van der Waals surface area contributed by atoms with Gasteiger partial charge in [0.2, 0.25) is 0 Å². The van der Waals surface area contributed by atoms with Gasteiger partial charge >= 0.3 is 5.97 Å². The van der Waals surface area contributed by atoms with E-state index in [0.717, 1.165) is 4.80 Å². The summed E-state index contributed by atoms with van der Waals surface area (Å²) in [6.07, 6.45) is 1.33. The predicted octanol–water partition coefficient (Wildman–Crippen LogP) is 0.626. The fraction of sp³-hybridized carbons (Fsp3) is 0.286. The summed E-state index contributed by atoms with van der Waals surface area (Å²) in [4.78, 5) is 24.3. The molecule has 2 N–H and O–H groups in total. The van der Waals surface area contributed by atoms with Gasteiger partial charge < -0.3 is 15.2 Å². The molecule has 2 rings (SSSR count). The first-order chi connectivity index (χ1) is 11.0. The second kappa shape index (κ2) is 7.45. The number of nitrogens with one attached hydrogen (secondary N) is 1. The molecule has 1 heterocycles. The van der Waals surface area contributed by atoms with E-state index in [1.165, 1.54) is 37.6 Å². The molecule has 2 aromatic rings. The number of rotatable bonds is 7. The minimum atomic E-state index is -1.17. The summed E-state index contributed by atoms with van der Waals surface area (Å²) in [5, 5.41) is 19.3. The van der Waals surface area contributed by atoms with Gasteiger partial charge in [0.1, 0.15) is 11.9 Å². The lowest BCUT2D eigenvalue weighted by Gasteiger charge is -2.12. The molecule has 0 saturated carbocycles. The molecular weight excluding hydrogens is 307 g/mol. The SMILES string of the molecule is COCCC(NC(=O)c1cnn(-c2ccc(F)cc2)n1)C(=O)O. The summed E-state index contributed by atoms with van der Waals surface area (Å²) in [5.74, 6) is -2.23. The van der Waals surface area contributed by atoms with Crippen molar-refractivity contribution in [1.29, 1.82) is 0 Å². The van der Waals surface area contributed by atoms with Crippen molar-refractivity contribution in [2.75, 3.05) is 13.7 Å². The normalized spacial score (nSPS) is 11.9. The number of hydrogen-bond acceptors (Lipinski definition) is 5. The molecule has 1 amide bonds. The first-order valence-electron chi connectivity index (χ1n) is 6.72. The zero-order valence-electron chi connectivity index (χ0n) is 12.3. The van der Waals surface area contributed by atoms with Crippen LogP contribution in [0.25, 0.3) is 5.69 Å². The molecule has 0 radical (unpaired) electrons. The molecule has 8 nitrogen and oxygen atoms in total. The summed E-state index contributed by atoms with van der Waals surface area (Å²) in [6.45, 7) is 0.194. The number of aliphatic carboxylic acids is 1. The van der Waals surface area contributed by atoms with Gasteiger partial charge in [0.15, 0.2) is 5.69 Å². The third-order valence-corrected chi connectivity index (χ3v) is 3.00. The highest BCUT2D eigenvalue weighted by Crippen LogP contribution is 2.07. The van der Waals surface area contributed by atoms with Crippen molar-refractivity contribution < 1.29 is 23.8 Å². The highest BCUT2D eigenvalue weighted by Gasteiger charge is 2.22. The van der Waals surface area contributed by atoms with Crippen LogP contribution in [0.1, 0.15) is 16.9 Å². The molecule has 0 bridgehead atoms. The molecule has 0 spiro atoms. The number of methoxy groups -OCH3 is 1. The highest BCUT2D eigenvalue weighted by molar-refractivity contribution is 5.94. The van der Waals surface area contributed by atoms with Crippen LogP contribution in [0.2, 0.25) is 0 Å². The second-order valence-corrected chi connectivity index (χ2v) is 4.64. The van der Waals surface area contributed by atoms with E-state index in [2.05, 4.69) is 15.5 Å². The lowest BCUT2D eigenvalue weighted by atomic mass is 10.2. The topological polar surface area (TPSA) is 106 Å². The van der Waals surface area contributed by atoms with Gasteiger partial charge in [0.25, 0.3) is 5.91 Å². The quantitative estimate of drug-likeness (QED) is 0.774.